The molecular weight excluding hydrogens is 312 g/mol. The summed E-state index contributed by atoms with van der Waals surface area (Å²) in [4.78, 5) is 12.5. The van der Waals surface area contributed by atoms with Crippen molar-refractivity contribution in [3.63, 3.8) is 0 Å². The van der Waals surface area contributed by atoms with Gasteiger partial charge in [-0.15, -0.1) is 0 Å². The Kier molecular flexibility index (Phi) is 3.30. The zero-order valence-corrected chi connectivity index (χ0v) is 13.1. The molecule has 6 nitrogen and oxygen atoms in total. The number of fused-ring (bicyclic) bond motifs is 2. The zero-order valence-electron chi connectivity index (χ0n) is 13.1. The van der Waals surface area contributed by atoms with E-state index in [1.165, 1.54) is 13.2 Å². The summed E-state index contributed by atoms with van der Waals surface area (Å²) in [7, 11) is 3.04. The summed E-state index contributed by atoms with van der Waals surface area (Å²) in [6.07, 6.45) is 0. The second-order valence-corrected chi connectivity index (χ2v) is 5.25. The van der Waals surface area contributed by atoms with Crippen molar-refractivity contribution in [2.45, 2.75) is 0 Å². The predicted molar refractivity (Wildman–Crippen MR) is 87.1 cm³/mol. The average Bonchev–Trinajstić information content (AvgIpc) is 3.08. The SMILES string of the molecule is COc1cc(OC)c2c(=O)cc(-c3ccc4c(c3)OCO4)oc2c1. The highest BCUT2D eigenvalue weighted by atomic mass is 16.7. The summed E-state index contributed by atoms with van der Waals surface area (Å²) >= 11 is 0. The maximum Gasteiger partial charge on any atom is 0.231 e. The largest absolute Gasteiger partial charge is 0.496 e. The van der Waals surface area contributed by atoms with Crippen LogP contribution in [0.2, 0.25) is 0 Å². The van der Waals surface area contributed by atoms with Gasteiger partial charge >= 0.3 is 0 Å². The minimum atomic E-state index is -0.191. The molecule has 1 aliphatic heterocycles. The van der Waals surface area contributed by atoms with Crippen LogP contribution in [0.4, 0.5) is 0 Å². The Bertz CT molecular complexity index is 989. The van der Waals surface area contributed by atoms with E-state index < -0.39 is 0 Å². The van der Waals surface area contributed by atoms with E-state index in [0.717, 1.165) is 5.56 Å². The first-order valence-electron chi connectivity index (χ1n) is 7.29. The van der Waals surface area contributed by atoms with Gasteiger partial charge in [0, 0.05) is 23.8 Å². The highest BCUT2D eigenvalue weighted by molar-refractivity contribution is 5.86. The van der Waals surface area contributed by atoms with Crippen LogP contribution in [-0.4, -0.2) is 21.0 Å². The minimum absolute atomic E-state index is 0.189. The fourth-order valence-corrected chi connectivity index (χ4v) is 2.70. The van der Waals surface area contributed by atoms with Crippen LogP contribution in [-0.2, 0) is 0 Å². The number of methoxy groups -OCH3 is 2. The fourth-order valence-electron chi connectivity index (χ4n) is 2.70. The highest BCUT2D eigenvalue weighted by Gasteiger charge is 2.17. The van der Waals surface area contributed by atoms with Gasteiger partial charge < -0.3 is 23.4 Å². The Balaban J connectivity index is 1.93. The van der Waals surface area contributed by atoms with Crippen LogP contribution in [0.5, 0.6) is 23.0 Å². The summed E-state index contributed by atoms with van der Waals surface area (Å²) in [5, 5.41) is 0.378. The van der Waals surface area contributed by atoms with E-state index in [-0.39, 0.29) is 12.2 Å². The van der Waals surface area contributed by atoms with Crippen LogP contribution < -0.4 is 24.4 Å². The Labute approximate surface area is 137 Å². The van der Waals surface area contributed by atoms with Gasteiger partial charge in [-0.2, -0.15) is 0 Å². The van der Waals surface area contributed by atoms with Crippen molar-refractivity contribution in [2.75, 3.05) is 21.0 Å². The monoisotopic (exact) mass is 326 g/mol. The lowest BCUT2D eigenvalue weighted by molar-refractivity contribution is 0.174. The number of benzene rings is 2. The summed E-state index contributed by atoms with van der Waals surface area (Å²) in [6.45, 7) is 0.189. The van der Waals surface area contributed by atoms with E-state index in [0.29, 0.717) is 39.7 Å². The van der Waals surface area contributed by atoms with Crippen LogP contribution in [0.25, 0.3) is 22.3 Å². The van der Waals surface area contributed by atoms with Crippen molar-refractivity contribution in [2.24, 2.45) is 0 Å². The molecule has 3 aromatic rings. The first kappa shape index (κ1) is 14.4. The Morgan fingerprint density at radius 2 is 1.79 bits per heavy atom. The molecule has 2 aromatic carbocycles. The van der Waals surface area contributed by atoms with Crippen molar-refractivity contribution >= 4 is 11.0 Å². The van der Waals surface area contributed by atoms with Crippen LogP contribution in [0.1, 0.15) is 0 Å². The first-order chi connectivity index (χ1) is 11.7. The molecular formula is C18H14O6. The average molecular weight is 326 g/mol. The molecule has 1 aliphatic rings. The van der Waals surface area contributed by atoms with Crippen LogP contribution in [0.3, 0.4) is 0 Å². The van der Waals surface area contributed by atoms with Crippen molar-refractivity contribution in [3.8, 4) is 34.3 Å². The molecule has 0 unspecified atom stereocenters. The molecule has 122 valence electrons. The third kappa shape index (κ3) is 2.23. The summed E-state index contributed by atoms with van der Waals surface area (Å²) < 4.78 is 27.1. The lowest BCUT2D eigenvalue weighted by Gasteiger charge is -2.09. The van der Waals surface area contributed by atoms with Crippen molar-refractivity contribution in [1.29, 1.82) is 0 Å². The molecule has 0 N–H and O–H groups in total. The number of rotatable bonds is 3. The molecule has 0 saturated heterocycles. The van der Waals surface area contributed by atoms with Crippen molar-refractivity contribution in [3.05, 3.63) is 46.6 Å². The maximum atomic E-state index is 12.5. The van der Waals surface area contributed by atoms with E-state index in [1.807, 2.05) is 6.07 Å². The van der Waals surface area contributed by atoms with Gasteiger partial charge in [0.15, 0.2) is 16.9 Å². The molecule has 0 radical (unpaired) electrons. The number of hydrogen-bond donors (Lipinski definition) is 0. The van der Waals surface area contributed by atoms with E-state index in [1.54, 1.807) is 31.4 Å². The third-order valence-electron chi connectivity index (χ3n) is 3.88. The topological polar surface area (TPSA) is 67.1 Å². The van der Waals surface area contributed by atoms with Crippen molar-refractivity contribution in [1.82, 2.24) is 0 Å². The lowest BCUT2D eigenvalue weighted by Crippen LogP contribution is -2.03. The van der Waals surface area contributed by atoms with E-state index in [2.05, 4.69) is 0 Å². The highest BCUT2D eigenvalue weighted by Crippen LogP contribution is 2.37. The van der Waals surface area contributed by atoms with E-state index in [9.17, 15) is 4.79 Å². The van der Waals surface area contributed by atoms with Crippen LogP contribution >= 0.6 is 0 Å². The normalized spacial score (nSPS) is 12.4. The van der Waals surface area contributed by atoms with E-state index in [4.69, 9.17) is 23.4 Å². The molecule has 1 aromatic heterocycles. The summed E-state index contributed by atoms with van der Waals surface area (Å²) in [5.74, 6) is 2.69. The number of ether oxygens (including phenoxy) is 4. The molecule has 0 aliphatic carbocycles. The summed E-state index contributed by atoms with van der Waals surface area (Å²) in [5.41, 5.74) is 0.926. The van der Waals surface area contributed by atoms with Gasteiger partial charge in [0.2, 0.25) is 6.79 Å². The third-order valence-corrected chi connectivity index (χ3v) is 3.88. The second kappa shape index (κ2) is 5.49. The van der Waals surface area contributed by atoms with Gasteiger partial charge in [0.25, 0.3) is 0 Å². The summed E-state index contributed by atoms with van der Waals surface area (Å²) in [6, 6.07) is 10.1. The lowest BCUT2D eigenvalue weighted by atomic mass is 10.1. The van der Waals surface area contributed by atoms with E-state index >= 15 is 0 Å². The molecule has 0 fully saturated rings. The van der Waals surface area contributed by atoms with Crippen LogP contribution in [0, 0.1) is 0 Å². The Morgan fingerprint density at radius 1 is 0.958 bits per heavy atom. The molecule has 6 heteroatoms. The Morgan fingerprint density at radius 3 is 2.58 bits per heavy atom. The molecule has 0 atom stereocenters. The Hall–Kier alpha value is -3.15. The second-order valence-electron chi connectivity index (χ2n) is 5.25. The predicted octanol–water partition coefficient (Wildman–Crippen LogP) is 3.21. The van der Waals surface area contributed by atoms with Gasteiger partial charge in [-0.1, -0.05) is 0 Å². The van der Waals surface area contributed by atoms with Crippen molar-refractivity contribution < 1.29 is 23.4 Å². The van der Waals surface area contributed by atoms with Crippen LogP contribution in [0.15, 0.2) is 45.6 Å². The molecule has 0 amide bonds. The molecule has 0 spiro atoms. The van der Waals surface area contributed by atoms with Gasteiger partial charge in [0.05, 0.1) is 14.2 Å². The molecule has 0 bridgehead atoms. The molecule has 0 saturated carbocycles. The standard InChI is InChI=1S/C18H14O6/c1-20-11-6-16(21-2)18-12(19)8-14(24-17(18)7-11)10-3-4-13-15(5-10)23-9-22-13/h3-8H,9H2,1-2H3. The molecule has 4 rings (SSSR count). The molecule has 2 heterocycles. The quantitative estimate of drug-likeness (QED) is 0.736. The van der Waals surface area contributed by atoms with Gasteiger partial charge in [-0.3, -0.25) is 4.79 Å². The minimum Gasteiger partial charge on any atom is -0.496 e. The fraction of sp³-hybridized carbons (Fsp3) is 0.167. The maximum absolute atomic E-state index is 12.5. The van der Waals surface area contributed by atoms with Gasteiger partial charge in [0.1, 0.15) is 28.2 Å². The first-order valence-corrected chi connectivity index (χ1v) is 7.29. The van der Waals surface area contributed by atoms with Gasteiger partial charge in [-0.05, 0) is 18.2 Å². The zero-order chi connectivity index (χ0) is 16.7. The molecule has 24 heavy (non-hydrogen) atoms. The smallest absolute Gasteiger partial charge is 0.231 e. The van der Waals surface area contributed by atoms with Gasteiger partial charge in [-0.25, -0.2) is 0 Å². The number of hydrogen-bond acceptors (Lipinski definition) is 6.